The molecule has 0 saturated carbocycles. The third-order valence-electron chi connectivity index (χ3n) is 4.15. The van der Waals surface area contributed by atoms with Gasteiger partial charge in [0.15, 0.2) is 0 Å². The van der Waals surface area contributed by atoms with E-state index < -0.39 is 0 Å². The smallest absolute Gasteiger partial charge is 0.236 e. The lowest BCUT2D eigenvalue weighted by atomic mass is 10.2. The summed E-state index contributed by atoms with van der Waals surface area (Å²) in [6.07, 6.45) is 0. The van der Waals surface area contributed by atoms with Crippen LogP contribution in [0.15, 0.2) is 65.8 Å². The molecule has 4 rings (SSSR count). The number of rotatable bonds is 6. The maximum atomic E-state index is 12.5. The van der Waals surface area contributed by atoms with Gasteiger partial charge in [-0.2, -0.15) is 9.78 Å². The lowest BCUT2D eigenvalue weighted by Crippen LogP contribution is -2.17. The minimum atomic E-state index is -0.162. The summed E-state index contributed by atoms with van der Waals surface area (Å²) in [5, 5.41) is 19.7. The number of nitrogens with one attached hydrogen (secondary N) is 1. The summed E-state index contributed by atoms with van der Waals surface area (Å²) in [6, 6.07) is 19.4. The first-order valence-electron chi connectivity index (χ1n) is 9.00. The molecule has 2 aromatic heterocycles. The van der Waals surface area contributed by atoms with E-state index in [0.29, 0.717) is 11.0 Å². The van der Waals surface area contributed by atoms with E-state index in [4.69, 9.17) is 0 Å². The van der Waals surface area contributed by atoms with E-state index in [1.54, 1.807) is 9.36 Å². The number of anilines is 1. The van der Waals surface area contributed by atoms with Crippen LogP contribution in [0, 0.1) is 13.8 Å². The highest BCUT2D eigenvalue weighted by atomic mass is 32.2. The summed E-state index contributed by atoms with van der Waals surface area (Å²) >= 11 is 1.27. The van der Waals surface area contributed by atoms with Crippen molar-refractivity contribution < 1.29 is 4.79 Å². The van der Waals surface area contributed by atoms with Crippen LogP contribution in [-0.2, 0) is 4.79 Å². The maximum Gasteiger partial charge on any atom is 0.236 e. The lowest BCUT2D eigenvalue weighted by molar-refractivity contribution is -0.113. The fraction of sp³-hybridized carbons (Fsp3) is 0.150. The van der Waals surface area contributed by atoms with Gasteiger partial charge in [0.25, 0.3) is 0 Å². The van der Waals surface area contributed by atoms with Crippen LogP contribution in [0.3, 0.4) is 0 Å². The molecule has 0 fully saturated rings. The molecule has 0 atom stereocenters. The van der Waals surface area contributed by atoms with E-state index >= 15 is 0 Å². The predicted octanol–water partition coefficient (Wildman–Crippen LogP) is 3.20. The molecule has 8 nitrogen and oxygen atoms in total. The zero-order chi connectivity index (χ0) is 20.2. The van der Waals surface area contributed by atoms with Crippen LogP contribution in [0.5, 0.6) is 0 Å². The molecular formula is C20H19N7OS. The summed E-state index contributed by atoms with van der Waals surface area (Å²) in [4.78, 5) is 12.5. The van der Waals surface area contributed by atoms with Crippen molar-refractivity contribution in [3.8, 4) is 11.4 Å². The van der Waals surface area contributed by atoms with Crippen LogP contribution in [0.25, 0.3) is 11.4 Å². The average Bonchev–Trinajstić information content (AvgIpc) is 3.34. The molecule has 0 unspecified atom stereocenters. The molecule has 0 aliphatic carbocycles. The van der Waals surface area contributed by atoms with E-state index in [0.717, 1.165) is 22.6 Å². The van der Waals surface area contributed by atoms with E-state index in [1.165, 1.54) is 11.8 Å². The Morgan fingerprint density at radius 3 is 2.48 bits per heavy atom. The molecule has 9 heteroatoms. The molecule has 1 amide bonds. The predicted molar refractivity (Wildman–Crippen MR) is 112 cm³/mol. The topological polar surface area (TPSA) is 90.5 Å². The molecule has 0 radical (unpaired) electrons. The van der Waals surface area contributed by atoms with Gasteiger partial charge in [-0.05, 0) is 48.5 Å². The van der Waals surface area contributed by atoms with Crippen LogP contribution < -0.4 is 5.32 Å². The summed E-state index contributed by atoms with van der Waals surface area (Å²) in [7, 11) is 0. The number of thioether (sulfide) groups is 1. The number of benzene rings is 2. The minimum Gasteiger partial charge on any atom is -0.310 e. The van der Waals surface area contributed by atoms with E-state index in [1.807, 2.05) is 74.5 Å². The first kappa shape index (κ1) is 18.9. The monoisotopic (exact) mass is 405 g/mol. The van der Waals surface area contributed by atoms with Gasteiger partial charge in [0.1, 0.15) is 5.82 Å². The number of carbonyl (C=O) groups excluding carboxylic acids is 1. The number of aromatic nitrogens is 6. The Morgan fingerprint density at radius 2 is 1.72 bits per heavy atom. The zero-order valence-electron chi connectivity index (χ0n) is 16.0. The Labute approximate surface area is 171 Å². The van der Waals surface area contributed by atoms with Crippen molar-refractivity contribution in [1.29, 1.82) is 0 Å². The number of tetrazole rings is 1. The molecular weight excluding hydrogens is 386 g/mol. The largest absolute Gasteiger partial charge is 0.310 e. The Balaban J connectivity index is 1.45. The molecule has 2 heterocycles. The summed E-state index contributed by atoms with van der Waals surface area (Å²) in [5.74, 6) is 0.633. The third kappa shape index (κ3) is 4.35. The molecule has 0 aliphatic rings. The van der Waals surface area contributed by atoms with Crippen LogP contribution in [0.4, 0.5) is 5.82 Å². The van der Waals surface area contributed by atoms with Gasteiger partial charge in [-0.15, -0.1) is 5.10 Å². The summed E-state index contributed by atoms with van der Waals surface area (Å²) in [5.41, 5.74) is 3.70. The molecule has 0 saturated heterocycles. The first-order valence-corrected chi connectivity index (χ1v) is 9.99. The van der Waals surface area contributed by atoms with Gasteiger partial charge < -0.3 is 5.32 Å². The van der Waals surface area contributed by atoms with Crippen molar-refractivity contribution >= 4 is 23.5 Å². The minimum absolute atomic E-state index is 0.162. The SMILES string of the molecule is Cc1ccc(-n2nnnc2SCC(=O)Nc2cc(C)nn2-c2ccccc2)cc1. The second kappa shape index (κ2) is 8.27. The maximum absolute atomic E-state index is 12.5. The molecule has 0 bridgehead atoms. The Hall–Kier alpha value is -3.46. The number of hydrogen-bond acceptors (Lipinski definition) is 6. The van der Waals surface area contributed by atoms with Crippen molar-refractivity contribution in [2.45, 2.75) is 19.0 Å². The molecule has 0 spiro atoms. The highest BCUT2D eigenvalue weighted by Crippen LogP contribution is 2.20. The Kier molecular flexibility index (Phi) is 5.39. The zero-order valence-corrected chi connectivity index (χ0v) is 16.8. The van der Waals surface area contributed by atoms with Crippen molar-refractivity contribution in [2.24, 2.45) is 0 Å². The highest BCUT2D eigenvalue weighted by molar-refractivity contribution is 7.99. The van der Waals surface area contributed by atoms with Crippen LogP contribution in [0.2, 0.25) is 0 Å². The first-order chi connectivity index (χ1) is 14.1. The van der Waals surface area contributed by atoms with E-state index in [2.05, 4.69) is 25.9 Å². The van der Waals surface area contributed by atoms with Gasteiger partial charge in [-0.25, -0.2) is 4.68 Å². The van der Waals surface area contributed by atoms with Crippen LogP contribution in [0.1, 0.15) is 11.3 Å². The van der Waals surface area contributed by atoms with Gasteiger partial charge in [0, 0.05) is 6.07 Å². The van der Waals surface area contributed by atoms with Crippen molar-refractivity contribution in [3.05, 3.63) is 71.9 Å². The second-order valence-electron chi connectivity index (χ2n) is 6.46. The molecule has 4 aromatic rings. The van der Waals surface area contributed by atoms with Gasteiger partial charge in [-0.3, -0.25) is 4.79 Å². The van der Waals surface area contributed by atoms with Gasteiger partial charge in [0.05, 0.1) is 22.8 Å². The van der Waals surface area contributed by atoms with Crippen LogP contribution in [-0.4, -0.2) is 41.6 Å². The van der Waals surface area contributed by atoms with Crippen molar-refractivity contribution in [1.82, 2.24) is 30.0 Å². The number of nitrogens with zero attached hydrogens (tertiary/aromatic N) is 6. The molecule has 1 N–H and O–H groups in total. The fourth-order valence-corrected chi connectivity index (χ4v) is 3.47. The average molecular weight is 405 g/mol. The lowest BCUT2D eigenvalue weighted by Gasteiger charge is -2.09. The number of carbonyl (C=O) groups is 1. The van der Waals surface area contributed by atoms with Gasteiger partial charge in [-0.1, -0.05) is 47.7 Å². The van der Waals surface area contributed by atoms with E-state index in [9.17, 15) is 4.79 Å². The quantitative estimate of drug-likeness (QED) is 0.496. The summed E-state index contributed by atoms with van der Waals surface area (Å²) < 4.78 is 3.34. The Morgan fingerprint density at radius 1 is 1.00 bits per heavy atom. The van der Waals surface area contributed by atoms with Gasteiger partial charge in [0.2, 0.25) is 11.1 Å². The number of amides is 1. The number of hydrogen-bond donors (Lipinski definition) is 1. The second-order valence-corrected chi connectivity index (χ2v) is 7.41. The normalized spacial score (nSPS) is 10.8. The summed E-state index contributed by atoms with van der Waals surface area (Å²) in [6.45, 7) is 3.91. The standard InChI is InChI=1S/C20H19N7OS/c1-14-8-10-17(11-9-14)27-20(22-24-25-27)29-13-19(28)21-18-12-15(2)23-26(18)16-6-4-3-5-7-16/h3-12H,13H2,1-2H3,(H,21,28). The number of aryl methyl sites for hydroxylation is 2. The van der Waals surface area contributed by atoms with E-state index in [-0.39, 0.29) is 11.7 Å². The van der Waals surface area contributed by atoms with Crippen LogP contribution >= 0.6 is 11.8 Å². The third-order valence-corrected chi connectivity index (χ3v) is 5.07. The molecule has 29 heavy (non-hydrogen) atoms. The van der Waals surface area contributed by atoms with Crippen molar-refractivity contribution in [2.75, 3.05) is 11.1 Å². The molecule has 0 aliphatic heterocycles. The molecule has 146 valence electrons. The Bertz CT molecular complexity index is 1120. The highest BCUT2D eigenvalue weighted by Gasteiger charge is 2.14. The van der Waals surface area contributed by atoms with Gasteiger partial charge >= 0.3 is 0 Å². The molecule has 2 aromatic carbocycles. The van der Waals surface area contributed by atoms with Crippen molar-refractivity contribution in [3.63, 3.8) is 0 Å². The number of para-hydroxylation sites is 1. The fourth-order valence-electron chi connectivity index (χ4n) is 2.78.